The minimum absolute atomic E-state index is 0.00499. The summed E-state index contributed by atoms with van der Waals surface area (Å²) in [5.74, 6) is -0.674. The summed E-state index contributed by atoms with van der Waals surface area (Å²) in [5.41, 5.74) is 6.99. The topological polar surface area (TPSA) is 69.8 Å². The van der Waals surface area contributed by atoms with Crippen molar-refractivity contribution in [2.45, 2.75) is 0 Å². The first kappa shape index (κ1) is 20.4. The average molecular weight is 444 g/mol. The fourth-order valence-corrected chi connectivity index (χ4v) is 4.41. The molecule has 1 aliphatic rings. The highest BCUT2D eigenvalue weighted by Crippen LogP contribution is 2.41. The van der Waals surface area contributed by atoms with Crippen LogP contribution in [-0.2, 0) is 4.79 Å². The molecular weight excluding hydrogens is 425 g/mol. The van der Waals surface area contributed by atoms with E-state index in [1.54, 1.807) is 17.0 Å². The summed E-state index contributed by atoms with van der Waals surface area (Å²) in [5, 5.41) is 11.8. The molecule has 1 aliphatic heterocycles. The summed E-state index contributed by atoms with van der Waals surface area (Å²) in [6.45, 7) is 2.14. The molecule has 1 amide bonds. The molecule has 4 rings (SSSR count). The van der Waals surface area contributed by atoms with Crippen LogP contribution in [0.25, 0.3) is 21.9 Å². The number of rotatable bonds is 3. The second-order valence-corrected chi connectivity index (χ2v) is 7.95. The summed E-state index contributed by atoms with van der Waals surface area (Å²) in [6, 6.07) is 12.0. The summed E-state index contributed by atoms with van der Waals surface area (Å²) in [4.78, 5) is 14.9. The van der Waals surface area contributed by atoms with E-state index in [9.17, 15) is 9.90 Å². The molecule has 0 bridgehead atoms. The molecule has 30 heavy (non-hydrogen) atoms. The fourth-order valence-electron chi connectivity index (χ4n) is 3.76. The summed E-state index contributed by atoms with van der Waals surface area (Å²) >= 11 is 12.1. The number of phenolic OH excluding ortho intramolecular Hbond substituents is 1. The van der Waals surface area contributed by atoms with E-state index in [-0.39, 0.29) is 22.0 Å². The number of amides is 1. The molecule has 154 valence electrons. The van der Waals surface area contributed by atoms with Crippen molar-refractivity contribution >= 4 is 51.7 Å². The molecule has 0 radical (unpaired) electrons. The van der Waals surface area contributed by atoms with E-state index >= 15 is 4.39 Å². The van der Waals surface area contributed by atoms with Crippen molar-refractivity contribution in [1.29, 1.82) is 0 Å². The number of carbonyl (C=O) groups excluding carboxylic acids is 1. The third-order valence-corrected chi connectivity index (χ3v) is 6.13. The SMILES string of the molecule is Nc1c(C(=S)N2CCN(C=O)CC2)cc(Cl)c(-c2cc(O)cc3ccccc23)c1F. The van der Waals surface area contributed by atoms with Crippen molar-refractivity contribution in [3.8, 4) is 16.9 Å². The minimum Gasteiger partial charge on any atom is -0.508 e. The van der Waals surface area contributed by atoms with Crippen LogP contribution in [0.15, 0.2) is 42.5 Å². The number of nitrogen functional groups attached to an aromatic ring is 1. The van der Waals surface area contributed by atoms with Crippen molar-refractivity contribution < 1.29 is 14.3 Å². The van der Waals surface area contributed by atoms with Gasteiger partial charge in [-0.2, -0.15) is 0 Å². The van der Waals surface area contributed by atoms with Crippen LogP contribution >= 0.6 is 23.8 Å². The van der Waals surface area contributed by atoms with E-state index in [4.69, 9.17) is 29.6 Å². The van der Waals surface area contributed by atoms with Crippen molar-refractivity contribution in [3.05, 3.63) is 58.9 Å². The lowest BCUT2D eigenvalue weighted by Gasteiger charge is -2.34. The van der Waals surface area contributed by atoms with Crippen LogP contribution in [0.4, 0.5) is 10.1 Å². The molecule has 3 aromatic rings. The molecule has 1 saturated heterocycles. The van der Waals surface area contributed by atoms with Crippen molar-refractivity contribution in [3.63, 3.8) is 0 Å². The van der Waals surface area contributed by atoms with Crippen LogP contribution in [0.1, 0.15) is 5.56 Å². The van der Waals surface area contributed by atoms with Crippen LogP contribution in [0, 0.1) is 5.82 Å². The molecule has 1 heterocycles. The monoisotopic (exact) mass is 443 g/mol. The third kappa shape index (κ3) is 3.55. The molecule has 0 unspecified atom stereocenters. The first-order chi connectivity index (χ1) is 14.4. The Kier molecular flexibility index (Phi) is 5.49. The number of nitrogens with zero attached hydrogens (tertiary/aromatic N) is 2. The van der Waals surface area contributed by atoms with Gasteiger partial charge in [0.1, 0.15) is 10.7 Å². The van der Waals surface area contributed by atoms with E-state index in [1.807, 2.05) is 29.2 Å². The molecule has 0 aromatic heterocycles. The van der Waals surface area contributed by atoms with Gasteiger partial charge in [0.2, 0.25) is 6.41 Å². The van der Waals surface area contributed by atoms with E-state index in [2.05, 4.69) is 0 Å². The molecule has 0 saturated carbocycles. The van der Waals surface area contributed by atoms with Gasteiger partial charge < -0.3 is 20.6 Å². The minimum atomic E-state index is -0.679. The zero-order chi connectivity index (χ0) is 21.4. The molecule has 0 aliphatic carbocycles. The zero-order valence-corrected chi connectivity index (χ0v) is 17.5. The van der Waals surface area contributed by atoms with Gasteiger partial charge >= 0.3 is 0 Å². The Morgan fingerprint density at radius 3 is 2.57 bits per heavy atom. The van der Waals surface area contributed by atoms with Crippen LogP contribution in [-0.4, -0.2) is 52.5 Å². The number of benzene rings is 3. The number of aromatic hydroxyl groups is 1. The van der Waals surface area contributed by atoms with E-state index in [1.165, 1.54) is 6.07 Å². The third-order valence-electron chi connectivity index (χ3n) is 5.35. The smallest absolute Gasteiger partial charge is 0.209 e. The Hall–Kier alpha value is -2.90. The van der Waals surface area contributed by atoms with Gasteiger partial charge in [-0.1, -0.05) is 48.1 Å². The standard InChI is InChI=1S/C22H19ClFN3O2S/c23-18-11-17(22(30)27-7-5-26(12-28)6-8-27)21(25)20(24)19(18)16-10-14(29)9-13-3-1-2-4-15(13)16/h1-4,9-12,29H,5-8,25H2. The number of nitrogens with two attached hydrogens (primary N) is 1. The first-order valence-electron chi connectivity index (χ1n) is 9.39. The molecule has 8 heteroatoms. The summed E-state index contributed by atoms with van der Waals surface area (Å²) < 4.78 is 15.5. The number of hydrogen-bond donors (Lipinski definition) is 2. The van der Waals surface area contributed by atoms with Crippen LogP contribution in [0.3, 0.4) is 0 Å². The van der Waals surface area contributed by atoms with Gasteiger partial charge in [-0.15, -0.1) is 0 Å². The van der Waals surface area contributed by atoms with Crippen LogP contribution in [0.2, 0.25) is 5.02 Å². The normalized spacial score (nSPS) is 14.2. The van der Waals surface area contributed by atoms with Gasteiger partial charge in [0.05, 0.1) is 10.7 Å². The lowest BCUT2D eigenvalue weighted by Crippen LogP contribution is -2.47. The number of carbonyl (C=O) groups is 1. The average Bonchev–Trinajstić information content (AvgIpc) is 2.75. The van der Waals surface area contributed by atoms with Gasteiger partial charge in [0.15, 0.2) is 5.82 Å². The van der Waals surface area contributed by atoms with E-state index in [0.717, 1.165) is 17.2 Å². The fraction of sp³-hybridized carbons (Fsp3) is 0.182. The number of fused-ring (bicyclic) bond motifs is 1. The van der Waals surface area contributed by atoms with Gasteiger partial charge in [-0.25, -0.2) is 4.39 Å². The maximum absolute atomic E-state index is 15.5. The number of thiocarbonyl (C=S) groups is 1. The predicted molar refractivity (Wildman–Crippen MR) is 121 cm³/mol. The Balaban J connectivity index is 1.78. The van der Waals surface area contributed by atoms with E-state index in [0.29, 0.717) is 42.3 Å². The lowest BCUT2D eigenvalue weighted by atomic mass is 9.95. The largest absolute Gasteiger partial charge is 0.508 e. The maximum atomic E-state index is 15.5. The Labute approximate surface area is 183 Å². The number of anilines is 1. The molecule has 3 aromatic carbocycles. The zero-order valence-electron chi connectivity index (χ0n) is 15.9. The molecule has 5 nitrogen and oxygen atoms in total. The predicted octanol–water partition coefficient (Wildman–Crippen LogP) is 4.04. The van der Waals surface area contributed by atoms with Crippen molar-refractivity contribution in [1.82, 2.24) is 9.80 Å². The molecular formula is C22H19ClFN3O2S. The van der Waals surface area contributed by atoms with Crippen LogP contribution < -0.4 is 5.73 Å². The number of piperazine rings is 1. The number of halogens is 2. The second kappa shape index (κ2) is 8.08. The van der Waals surface area contributed by atoms with Crippen molar-refractivity contribution in [2.75, 3.05) is 31.9 Å². The molecule has 1 fully saturated rings. The maximum Gasteiger partial charge on any atom is 0.209 e. The highest BCUT2D eigenvalue weighted by Gasteiger charge is 2.25. The van der Waals surface area contributed by atoms with Gasteiger partial charge in [0.25, 0.3) is 0 Å². The Morgan fingerprint density at radius 1 is 1.17 bits per heavy atom. The van der Waals surface area contributed by atoms with Gasteiger partial charge in [-0.3, -0.25) is 4.79 Å². The Morgan fingerprint density at radius 2 is 1.87 bits per heavy atom. The summed E-state index contributed by atoms with van der Waals surface area (Å²) in [6.07, 6.45) is 0.805. The lowest BCUT2D eigenvalue weighted by molar-refractivity contribution is -0.119. The first-order valence-corrected chi connectivity index (χ1v) is 10.2. The van der Waals surface area contributed by atoms with Gasteiger partial charge in [0, 0.05) is 37.3 Å². The van der Waals surface area contributed by atoms with Crippen molar-refractivity contribution in [2.24, 2.45) is 0 Å². The highest BCUT2D eigenvalue weighted by molar-refractivity contribution is 7.80. The quantitative estimate of drug-likeness (QED) is 0.363. The second-order valence-electron chi connectivity index (χ2n) is 7.16. The van der Waals surface area contributed by atoms with Gasteiger partial charge in [-0.05, 0) is 34.5 Å². The molecule has 0 spiro atoms. The van der Waals surface area contributed by atoms with Crippen LogP contribution in [0.5, 0.6) is 5.75 Å². The van der Waals surface area contributed by atoms with E-state index < -0.39 is 5.82 Å². The number of phenols is 1. The Bertz CT molecular complexity index is 1160. The summed E-state index contributed by atoms with van der Waals surface area (Å²) in [7, 11) is 0. The molecule has 3 N–H and O–H groups in total. The number of hydrogen-bond acceptors (Lipinski definition) is 4. The molecule has 0 atom stereocenters. The highest BCUT2D eigenvalue weighted by atomic mass is 35.5.